The Balaban J connectivity index is 1.92. The SMILES string of the molecule is CCCCNC(=O)[C@H]1N(C(=O)[C@@H](O)[C@H](Cc2ccccc2)NC(=O)c2cccc(O)c2C)CC(F)(F)C1(C)C. The number of aliphatic hydroxyl groups excluding tert-OH is 1. The zero-order valence-corrected chi connectivity index (χ0v) is 22.7. The van der Waals surface area contributed by atoms with E-state index in [1.54, 1.807) is 37.3 Å². The third-order valence-corrected chi connectivity index (χ3v) is 7.47. The largest absolute Gasteiger partial charge is 0.508 e. The number of hydrogen-bond acceptors (Lipinski definition) is 5. The first kappa shape index (κ1) is 30.0. The second-order valence-electron chi connectivity index (χ2n) is 10.6. The summed E-state index contributed by atoms with van der Waals surface area (Å²) in [4.78, 5) is 40.5. The van der Waals surface area contributed by atoms with Crippen LogP contribution in [0.15, 0.2) is 48.5 Å². The third-order valence-electron chi connectivity index (χ3n) is 7.47. The van der Waals surface area contributed by atoms with Crippen molar-refractivity contribution in [3.8, 4) is 5.75 Å². The minimum Gasteiger partial charge on any atom is -0.508 e. The number of likely N-dealkylation sites (tertiary alicyclic amines) is 1. The van der Waals surface area contributed by atoms with Crippen molar-refractivity contribution in [3.05, 3.63) is 65.2 Å². The Morgan fingerprint density at radius 2 is 1.77 bits per heavy atom. The minimum absolute atomic E-state index is 0.0122. The molecule has 10 heteroatoms. The quantitative estimate of drug-likeness (QED) is 0.342. The van der Waals surface area contributed by atoms with Crippen molar-refractivity contribution < 1.29 is 33.4 Å². The van der Waals surface area contributed by atoms with Gasteiger partial charge < -0.3 is 25.7 Å². The van der Waals surface area contributed by atoms with Crippen LogP contribution < -0.4 is 10.6 Å². The van der Waals surface area contributed by atoms with Crippen LogP contribution in [0.1, 0.15) is 55.1 Å². The van der Waals surface area contributed by atoms with Gasteiger partial charge in [0.25, 0.3) is 17.7 Å². The summed E-state index contributed by atoms with van der Waals surface area (Å²) in [6.45, 7) is 5.16. The summed E-state index contributed by atoms with van der Waals surface area (Å²) in [7, 11) is 0. The highest BCUT2D eigenvalue weighted by Crippen LogP contribution is 2.48. The molecule has 1 fully saturated rings. The number of phenols is 1. The number of carbonyl (C=O) groups is 3. The molecular weight excluding hydrogens is 508 g/mol. The molecule has 2 aromatic rings. The first-order valence-electron chi connectivity index (χ1n) is 13.1. The van der Waals surface area contributed by atoms with Gasteiger partial charge in [-0.3, -0.25) is 14.4 Å². The first-order chi connectivity index (χ1) is 18.3. The second-order valence-corrected chi connectivity index (χ2v) is 10.6. The van der Waals surface area contributed by atoms with Crippen LogP contribution in [0.3, 0.4) is 0 Å². The fourth-order valence-corrected chi connectivity index (χ4v) is 4.83. The van der Waals surface area contributed by atoms with Crippen molar-refractivity contribution in [1.29, 1.82) is 0 Å². The van der Waals surface area contributed by atoms with Crippen LogP contribution in [-0.4, -0.2) is 70.0 Å². The zero-order chi connectivity index (χ0) is 29.0. The van der Waals surface area contributed by atoms with E-state index in [4.69, 9.17) is 0 Å². The second kappa shape index (κ2) is 12.1. The Morgan fingerprint density at radius 3 is 2.41 bits per heavy atom. The average Bonchev–Trinajstić information content (AvgIpc) is 3.08. The Bertz CT molecular complexity index is 1190. The number of aromatic hydroxyl groups is 1. The lowest BCUT2D eigenvalue weighted by molar-refractivity contribution is -0.148. The molecule has 1 aliphatic heterocycles. The van der Waals surface area contributed by atoms with Gasteiger partial charge in [0.1, 0.15) is 11.8 Å². The summed E-state index contributed by atoms with van der Waals surface area (Å²) in [5.74, 6) is -5.95. The molecular formula is C29H37F2N3O5. The van der Waals surface area contributed by atoms with Crippen molar-refractivity contribution in [3.63, 3.8) is 0 Å². The van der Waals surface area contributed by atoms with E-state index in [0.29, 0.717) is 17.5 Å². The van der Waals surface area contributed by atoms with Gasteiger partial charge in [-0.25, -0.2) is 8.78 Å². The van der Waals surface area contributed by atoms with Gasteiger partial charge in [-0.15, -0.1) is 0 Å². The van der Waals surface area contributed by atoms with Gasteiger partial charge >= 0.3 is 0 Å². The molecule has 39 heavy (non-hydrogen) atoms. The smallest absolute Gasteiger partial charge is 0.272 e. The molecule has 1 saturated heterocycles. The van der Waals surface area contributed by atoms with Crippen LogP contribution in [0.4, 0.5) is 8.78 Å². The molecule has 0 spiro atoms. The minimum atomic E-state index is -3.40. The van der Waals surface area contributed by atoms with Gasteiger partial charge in [0, 0.05) is 17.7 Å². The van der Waals surface area contributed by atoms with Crippen LogP contribution >= 0.6 is 0 Å². The van der Waals surface area contributed by atoms with E-state index >= 15 is 8.78 Å². The van der Waals surface area contributed by atoms with E-state index in [1.807, 2.05) is 6.92 Å². The number of amides is 3. The predicted molar refractivity (Wildman–Crippen MR) is 142 cm³/mol. The third kappa shape index (κ3) is 6.38. The molecule has 212 valence electrons. The van der Waals surface area contributed by atoms with Crippen LogP contribution in [0.2, 0.25) is 0 Å². The number of benzene rings is 2. The summed E-state index contributed by atoms with van der Waals surface area (Å²) >= 11 is 0. The monoisotopic (exact) mass is 545 g/mol. The van der Waals surface area contributed by atoms with Crippen molar-refractivity contribution in [2.75, 3.05) is 13.1 Å². The topological polar surface area (TPSA) is 119 Å². The number of hydrogen-bond donors (Lipinski definition) is 4. The number of carbonyl (C=O) groups excluding carboxylic acids is 3. The van der Waals surface area contributed by atoms with Gasteiger partial charge in [0.2, 0.25) is 5.91 Å². The van der Waals surface area contributed by atoms with Gasteiger partial charge in [0.15, 0.2) is 6.10 Å². The number of nitrogens with one attached hydrogen (secondary N) is 2. The number of phenolic OH excluding ortho intramolecular Hbond substituents is 1. The van der Waals surface area contributed by atoms with Crippen molar-refractivity contribution in [2.24, 2.45) is 5.41 Å². The van der Waals surface area contributed by atoms with E-state index in [9.17, 15) is 24.6 Å². The first-order valence-corrected chi connectivity index (χ1v) is 13.1. The van der Waals surface area contributed by atoms with Crippen molar-refractivity contribution in [1.82, 2.24) is 15.5 Å². The van der Waals surface area contributed by atoms with Gasteiger partial charge in [-0.1, -0.05) is 63.6 Å². The number of alkyl halides is 2. The molecule has 3 amide bonds. The molecule has 2 aromatic carbocycles. The maximum absolute atomic E-state index is 15.1. The van der Waals surface area contributed by atoms with Gasteiger partial charge in [-0.05, 0) is 37.5 Å². The van der Waals surface area contributed by atoms with E-state index in [2.05, 4.69) is 10.6 Å². The number of halogens is 2. The highest BCUT2D eigenvalue weighted by Gasteiger charge is 2.64. The number of rotatable bonds is 10. The number of unbranched alkanes of at least 4 members (excludes halogenated alkanes) is 1. The molecule has 0 aliphatic carbocycles. The molecule has 4 N–H and O–H groups in total. The zero-order valence-electron chi connectivity index (χ0n) is 22.7. The molecule has 0 bridgehead atoms. The maximum Gasteiger partial charge on any atom is 0.272 e. The molecule has 0 aromatic heterocycles. The fraction of sp³-hybridized carbons (Fsp3) is 0.483. The highest BCUT2D eigenvalue weighted by molar-refractivity contribution is 5.97. The Kier molecular flexibility index (Phi) is 9.32. The molecule has 0 unspecified atom stereocenters. The summed E-state index contributed by atoms with van der Waals surface area (Å²) in [6, 6.07) is 10.4. The van der Waals surface area contributed by atoms with Crippen LogP contribution in [0.25, 0.3) is 0 Å². The lowest BCUT2D eigenvalue weighted by atomic mass is 9.81. The number of nitrogens with zero attached hydrogens (tertiary/aromatic N) is 1. The van der Waals surface area contributed by atoms with Crippen LogP contribution in [-0.2, 0) is 16.0 Å². The van der Waals surface area contributed by atoms with Crippen molar-refractivity contribution >= 4 is 17.7 Å². The Labute approximate surface area is 227 Å². The molecule has 3 atom stereocenters. The lowest BCUT2D eigenvalue weighted by Crippen LogP contribution is -2.57. The van der Waals surface area contributed by atoms with E-state index < -0.39 is 53.8 Å². The summed E-state index contributed by atoms with van der Waals surface area (Å²) < 4.78 is 30.2. The molecule has 8 nitrogen and oxygen atoms in total. The Morgan fingerprint density at radius 1 is 1.10 bits per heavy atom. The summed E-state index contributed by atoms with van der Waals surface area (Å²) in [5, 5.41) is 26.5. The van der Waals surface area contributed by atoms with Crippen molar-refractivity contribution in [2.45, 2.75) is 71.1 Å². The molecule has 0 saturated carbocycles. The van der Waals surface area contributed by atoms with Crippen LogP contribution in [0, 0.1) is 12.3 Å². The predicted octanol–water partition coefficient (Wildman–Crippen LogP) is 3.19. The highest BCUT2D eigenvalue weighted by atomic mass is 19.3. The van der Waals surface area contributed by atoms with Crippen LogP contribution in [0.5, 0.6) is 5.75 Å². The summed E-state index contributed by atoms with van der Waals surface area (Å²) in [6.07, 6.45) is -0.489. The Hall–Kier alpha value is -3.53. The van der Waals surface area contributed by atoms with Gasteiger partial charge in [-0.2, -0.15) is 0 Å². The van der Waals surface area contributed by atoms with E-state index in [1.165, 1.54) is 32.0 Å². The number of aliphatic hydroxyl groups is 1. The average molecular weight is 546 g/mol. The van der Waals surface area contributed by atoms with E-state index in [0.717, 1.165) is 11.3 Å². The molecule has 1 heterocycles. The molecule has 0 radical (unpaired) electrons. The van der Waals surface area contributed by atoms with Gasteiger partial charge in [0.05, 0.1) is 18.0 Å². The maximum atomic E-state index is 15.1. The standard InChI is InChI=1S/C29H37F2N3O5/c1-5-6-15-32-26(38)24-28(3,4)29(30,31)17-34(24)27(39)23(36)21(16-19-11-8-7-9-12-19)33-25(37)20-13-10-14-22(35)18(20)2/h7-14,21,23-24,35-36H,5-6,15-17H2,1-4H3,(H,32,38)(H,33,37)/t21-,23-,24+/m0/s1. The summed E-state index contributed by atoms with van der Waals surface area (Å²) in [5.41, 5.74) is -0.771. The lowest BCUT2D eigenvalue weighted by Gasteiger charge is -2.34. The van der Waals surface area contributed by atoms with E-state index in [-0.39, 0.29) is 24.3 Å². The fourth-order valence-electron chi connectivity index (χ4n) is 4.83. The normalized spacial score (nSPS) is 19.3. The molecule has 3 rings (SSSR count). The molecule has 1 aliphatic rings.